The van der Waals surface area contributed by atoms with Crippen molar-refractivity contribution in [1.82, 2.24) is 0 Å². The largest absolute Gasteiger partial charge is 0.542 e. The van der Waals surface area contributed by atoms with Crippen LogP contribution in [0.25, 0.3) is 5.76 Å². The second kappa shape index (κ2) is 3.55. The van der Waals surface area contributed by atoms with Crippen LogP contribution in [-0.4, -0.2) is 18.7 Å². The quantitative estimate of drug-likeness (QED) is 0.417. The molecular weight excluding hydrogens is 183 g/mol. The Balaban J connectivity index is 2.39. The van der Waals surface area contributed by atoms with Gasteiger partial charge in [0.15, 0.2) is 5.76 Å². The average Bonchev–Trinajstić information content (AvgIpc) is 2.54. The molecule has 0 saturated heterocycles. The summed E-state index contributed by atoms with van der Waals surface area (Å²) < 4.78 is 9.56. The normalized spacial score (nSPS) is 16.4. The van der Waals surface area contributed by atoms with Crippen molar-refractivity contribution in [2.45, 2.75) is 0 Å². The molecule has 0 bridgehead atoms. The van der Waals surface area contributed by atoms with Gasteiger partial charge in [-0.1, -0.05) is 18.2 Å². The van der Waals surface area contributed by atoms with Crippen LogP contribution >= 0.6 is 0 Å². The van der Waals surface area contributed by atoms with Gasteiger partial charge in [0.25, 0.3) is 0 Å². The molecule has 0 unspecified atom stereocenters. The van der Waals surface area contributed by atoms with Crippen molar-refractivity contribution in [3.63, 3.8) is 0 Å². The summed E-state index contributed by atoms with van der Waals surface area (Å²) >= 11 is 0. The summed E-state index contributed by atoms with van der Waals surface area (Å²) in [5, 5.41) is 8.43. The highest BCUT2D eigenvalue weighted by atomic mass is 16.6. The molecule has 0 spiro atoms. The number of cyclic esters (lactones) is 1. The number of hydrogen-bond acceptors (Lipinski definition) is 4. The van der Waals surface area contributed by atoms with E-state index in [4.69, 9.17) is 9.76 Å². The molecule has 1 heterocycles. The molecule has 0 amide bonds. The van der Waals surface area contributed by atoms with E-state index < -0.39 is 13.7 Å². The van der Waals surface area contributed by atoms with Crippen LogP contribution in [0, 0.1) is 0 Å². The molecule has 2 rings (SSSR count). The Morgan fingerprint density at radius 2 is 2.07 bits per heavy atom. The van der Waals surface area contributed by atoms with E-state index in [1.807, 2.05) is 0 Å². The van der Waals surface area contributed by atoms with Gasteiger partial charge in [0.2, 0.25) is 0 Å². The Morgan fingerprint density at radius 3 is 2.79 bits per heavy atom. The summed E-state index contributed by atoms with van der Waals surface area (Å²) in [4.78, 5) is 11.3. The molecular formula is C9H7BO4. The molecule has 0 aliphatic carbocycles. The highest BCUT2D eigenvalue weighted by Crippen LogP contribution is 2.28. The van der Waals surface area contributed by atoms with E-state index in [0.717, 1.165) is 0 Å². The lowest BCUT2D eigenvalue weighted by Gasteiger charge is -1.97. The van der Waals surface area contributed by atoms with E-state index in [1.54, 1.807) is 24.3 Å². The Hall–Kier alpha value is -1.75. The van der Waals surface area contributed by atoms with Crippen LogP contribution in [-0.2, 0) is 9.39 Å². The molecule has 1 aliphatic heterocycles. The first kappa shape index (κ1) is 8.84. The van der Waals surface area contributed by atoms with Crippen LogP contribution in [0.3, 0.4) is 0 Å². The maximum Gasteiger partial charge on any atom is 0.503 e. The molecule has 0 fully saturated rings. The highest BCUT2D eigenvalue weighted by Gasteiger charge is 2.25. The van der Waals surface area contributed by atoms with E-state index in [1.165, 1.54) is 6.26 Å². The predicted molar refractivity (Wildman–Crippen MR) is 50.3 cm³/mol. The zero-order chi connectivity index (χ0) is 9.97. The van der Waals surface area contributed by atoms with Gasteiger partial charge in [-0.15, -0.1) is 0 Å². The first-order valence-corrected chi connectivity index (χ1v) is 4.07. The fourth-order valence-corrected chi connectivity index (χ4v) is 1.29. The molecule has 14 heavy (non-hydrogen) atoms. The number of esters is 1. The number of carbonyl (C=O) groups excluding carboxylic acids is 1. The minimum Gasteiger partial charge on any atom is -0.542 e. The predicted octanol–water partition coefficient (Wildman–Crippen LogP) is 0.431. The number of rotatable bonds is 2. The summed E-state index contributed by atoms with van der Waals surface area (Å²) in [6.45, 7) is 0. The third-order valence-corrected chi connectivity index (χ3v) is 1.88. The summed E-state index contributed by atoms with van der Waals surface area (Å²) in [5.74, 6) is -0.0620. The Labute approximate surface area is 81.1 Å². The van der Waals surface area contributed by atoms with E-state index in [2.05, 4.69) is 4.65 Å². The van der Waals surface area contributed by atoms with E-state index in [0.29, 0.717) is 16.9 Å². The molecule has 1 N–H and O–H groups in total. The number of hydrogen-bond donors (Lipinski definition) is 1. The van der Waals surface area contributed by atoms with Crippen LogP contribution in [0.15, 0.2) is 30.5 Å². The van der Waals surface area contributed by atoms with E-state index in [-0.39, 0.29) is 0 Å². The molecule has 0 saturated carbocycles. The molecule has 70 valence electrons. The fourth-order valence-electron chi connectivity index (χ4n) is 1.29. The number of carbonyl (C=O) groups is 1. The summed E-state index contributed by atoms with van der Waals surface area (Å²) in [6.07, 6.45) is 1.23. The van der Waals surface area contributed by atoms with E-state index in [9.17, 15) is 4.79 Å². The summed E-state index contributed by atoms with van der Waals surface area (Å²) in [6, 6.07) is 6.99. The third kappa shape index (κ3) is 1.38. The SMILES string of the molecule is O=C1O/C(=C/OBO)c2ccccc21. The average molecular weight is 190 g/mol. The van der Waals surface area contributed by atoms with Crippen molar-refractivity contribution >= 4 is 19.4 Å². The lowest BCUT2D eigenvalue weighted by molar-refractivity contribution is 0.0712. The number of ether oxygens (including phenoxy) is 1. The zero-order valence-corrected chi connectivity index (χ0v) is 7.27. The summed E-state index contributed by atoms with van der Waals surface area (Å²) in [7, 11) is -0.441. The second-order valence-electron chi connectivity index (χ2n) is 2.71. The van der Waals surface area contributed by atoms with Gasteiger partial charge in [-0.25, -0.2) is 4.79 Å². The van der Waals surface area contributed by atoms with Crippen LogP contribution in [0.1, 0.15) is 15.9 Å². The lowest BCUT2D eigenvalue weighted by Crippen LogP contribution is -1.93. The van der Waals surface area contributed by atoms with Crippen molar-refractivity contribution in [1.29, 1.82) is 0 Å². The molecule has 1 aromatic carbocycles. The third-order valence-electron chi connectivity index (χ3n) is 1.88. The van der Waals surface area contributed by atoms with Gasteiger partial charge in [0.05, 0.1) is 5.56 Å². The van der Waals surface area contributed by atoms with Gasteiger partial charge < -0.3 is 14.4 Å². The maximum atomic E-state index is 11.3. The lowest BCUT2D eigenvalue weighted by atomic mass is 10.1. The van der Waals surface area contributed by atoms with Crippen molar-refractivity contribution in [3.8, 4) is 0 Å². The molecule has 0 atom stereocenters. The zero-order valence-electron chi connectivity index (χ0n) is 7.27. The molecule has 0 radical (unpaired) electrons. The monoisotopic (exact) mass is 190 g/mol. The highest BCUT2D eigenvalue weighted by molar-refractivity contribution is 6.16. The smallest absolute Gasteiger partial charge is 0.503 e. The molecule has 1 aromatic rings. The molecule has 4 nitrogen and oxygen atoms in total. The van der Waals surface area contributed by atoms with Crippen LogP contribution in [0.2, 0.25) is 0 Å². The standard InChI is InChI=1S/C9H7BO4/c11-9-7-4-2-1-3-6(7)8(14-9)5-13-10-12/h1-5,10,12H/b8-5+. The van der Waals surface area contributed by atoms with Crippen molar-refractivity contribution in [2.75, 3.05) is 0 Å². The van der Waals surface area contributed by atoms with Crippen molar-refractivity contribution < 1.29 is 19.2 Å². The van der Waals surface area contributed by atoms with Crippen LogP contribution in [0.4, 0.5) is 0 Å². The first-order valence-electron chi connectivity index (χ1n) is 4.07. The van der Waals surface area contributed by atoms with Gasteiger partial charge in [0.1, 0.15) is 6.26 Å². The summed E-state index contributed by atoms with van der Waals surface area (Å²) in [5.41, 5.74) is 1.20. The van der Waals surface area contributed by atoms with Gasteiger partial charge >= 0.3 is 13.7 Å². The van der Waals surface area contributed by atoms with E-state index >= 15 is 0 Å². The minimum absolute atomic E-state index is 0.333. The fraction of sp³-hybridized carbons (Fsp3) is 0. The number of benzene rings is 1. The molecule has 5 heteroatoms. The first-order chi connectivity index (χ1) is 6.83. The maximum absolute atomic E-state index is 11.3. The van der Waals surface area contributed by atoms with Crippen molar-refractivity contribution in [2.24, 2.45) is 0 Å². The van der Waals surface area contributed by atoms with Crippen molar-refractivity contribution in [3.05, 3.63) is 41.7 Å². The molecule has 0 aromatic heterocycles. The number of fused-ring (bicyclic) bond motifs is 1. The molecule has 1 aliphatic rings. The van der Waals surface area contributed by atoms with Gasteiger partial charge in [0, 0.05) is 5.56 Å². The van der Waals surface area contributed by atoms with Gasteiger partial charge in [-0.05, 0) is 6.07 Å². The Morgan fingerprint density at radius 1 is 1.36 bits per heavy atom. The Kier molecular flexibility index (Phi) is 2.24. The topological polar surface area (TPSA) is 55.8 Å². The van der Waals surface area contributed by atoms with Crippen LogP contribution < -0.4 is 0 Å². The second-order valence-corrected chi connectivity index (χ2v) is 2.71. The van der Waals surface area contributed by atoms with Crippen LogP contribution in [0.5, 0.6) is 0 Å². The van der Waals surface area contributed by atoms with Gasteiger partial charge in [-0.3, -0.25) is 0 Å². The van der Waals surface area contributed by atoms with Gasteiger partial charge in [-0.2, -0.15) is 0 Å². The Bertz CT molecular complexity index is 400. The minimum atomic E-state index is -0.441.